The van der Waals surface area contributed by atoms with Gasteiger partial charge in [0.05, 0.1) is 35.5 Å². The van der Waals surface area contributed by atoms with Gasteiger partial charge in [-0.1, -0.05) is 18.2 Å². The predicted octanol–water partition coefficient (Wildman–Crippen LogP) is 2.05. The van der Waals surface area contributed by atoms with Crippen LogP contribution in [0.1, 0.15) is 5.56 Å². The third-order valence-corrected chi connectivity index (χ3v) is 8.34. The van der Waals surface area contributed by atoms with Crippen LogP contribution in [0.3, 0.4) is 0 Å². The molecule has 9 nitrogen and oxygen atoms in total. The Bertz CT molecular complexity index is 1210. The molecule has 11 heteroatoms. The molecule has 1 N–H and O–H groups in total. The molecule has 3 aromatic rings. The Hall–Kier alpha value is -2.92. The minimum absolute atomic E-state index is 0.0244. The van der Waals surface area contributed by atoms with Crippen LogP contribution >= 0.6 is 11.8 Å². The van der Waals surface area contributed by atoms with Crippen molar-refractivity contribution in [1.29, 1.82) is 0 Å². The van der Waals surface area contributed by atoms with E-state index >= 15 is 0 Å². The van der Waals surface area contributed by atoms with Gasteiger partial charge < -0.3 is 5.32 Å². The van der Waals surface area contributed by atoms with Crippen molar-refractivity contribution in [3.05, 3.63) is 60.8 Å². The summed E-state index contributed by atoms with van der Waals surface area (Å²) >= 11 is 1.75. The third kappa shape index (κ3) is 3.79. The molecule has 0 amide bonds. The van der Waals surface area contributed by atoms with Crippen LogP contribution in [-0.2, 0) is 23.0 Å². The highest BCUT2D eigenvalue weighted by Crippen LogP contribution is 2.39. The molecule has 0 saturated heterocycles. The maximum absolute atomic E-state index is 13.1. The second kappa shape index (κ2) is 7.97. The van der Waals surface area contributed by atoms with Crippen LogP contribution in [0.4, 0.5) is 11.4 Å². The SMILES string of the molecule is CN(c1cccc2c1NC(C1=NCC(Cn3cncn3)S1)C2)S(=O)(=O)c1ccccn1. The molecular weight excluding hydrogens is 434 g/mol. The van der Waals surface area contributed by atoms with Gasteiger partial charge in [0.15, 0.2) is 5.03 Å². The van der Waals surface area contributed by atoms with Crippen molar-refractivity contribution in [2.75, 3.05) is 23.2 Å². The highest BCUT2D eigenvalue weighted by molar-refractivity contribution is 8.14. The summed E-state index contributed by atoms with van der Waals surface area (Å²) in [5, 5.41) is 9.07. The van der Waals surface area contributed by atoms with E-state index < -0.39 is 10.0 Å². The van der Waals surface area contributed by atoms with E-state index in [2.05, 4.69) is 20.4 Å². The molecule has 2 aromatic heterocycles. The zero-order valence-electron chi connectivity index (χ0n) is 16.8. The number of fused-ring (bicyclic) bond motifs is 1. The number of nitrogens with zero attached hydrogens (tertiary/aromatic N) is 6. The molecule has 2 unspecified atom stereocenters. The van der Waals surface area contributed by atoms with E-state index in [9.17, 15) is 8.42 Å². The van der Waals surface area contributed by atoms with Crippen molar-refractivity contribution in [3.63, 3.8) is 0 Å². The molecule has 0 saturated carbocycles. The summed E-state index contributed by atoms with van der Waals surface area (Å²) in [6.07, 6.45) is 5.50. The highest BCUT2D eigenvalue weighted by atomic mass is 32.2. The number of benzene rings is 1. The zero-order valence-corrected chi connectivity index (χ0v) is 18.4. The van der Waals surface area contributed by atoms with Crippen molar-refractivity contribution < 1.29 is 8.42 Å². The molecule has 0 aliphatic carbocycles. The molecule has 31 heavy (non-hydrogen) atoms. The van der Waals surface area contributed by atoms with E-state index in [1.165, 1.54) is 22.9 Å². The van der Waals surface area contributed by atoms with Crippen molar-refractivity contribution in [2.45, 2.75) is 29.3 Å². The maximum atomic E-state index is 13.1. The van der Waals surface area contributed by atoms with E-state index in [-0.39, 0.29) is 11.1 Å². The van der Waals surface area contributed by atoms with Crippen LogP contribution in [0.2, 0.25) is 0 Å². The predicted molar refractivity (Wildman–Crippen MR) is 121 cm³/mol. The maximum Gasteiger partial charge on any atom is 0.281 e. The minimum atomic E-state index is -3.76. The Morgan fingerprint density at radius 3 is 2.94 bits per heavy atom. The monoisotopic (exact) mass is 455 g/mol. The van der Waals surface area contributed by atoms with Crippen molar-refractivity contribution in [3.8, 4) is 0 Å². The summed E-state index contributed by atoms with van der Waals surface area (Å²) < 4.78 is 29.2. The number of thioether (sulfide) groups is 1. The number of hydrogen-bond acceptors (Lipinski definition) is 8. The Kier molecular flexibility index (Phi) is 5.14. The number of hydrogen-bond donors (Lipinski definition) is 1. The minimum Gasteiger partial charge on any atom is -0.374 e. The lowest BCUT2D eigenvalue weighted by Gasteiger charge is -2.22. The molecule has 5 rings (SSSR count). The molecule has 0 bridgehead atoms. The molecule has 0 radical (unpaired) electrons. The van der Waals surface area contributed by atoms with Gasteiger partial charge in [-0.2, -0.15) is 13.5 Å². The lowest BCUT2D eigenvalue weighted by atomic mass is 10.1. The topological polar surface area (TPSA) is 105 Å². The number of aliphatic imine (C=N–C) groups is 1. The molecule has 2 atom stereocenters. The summed E-state index contributed by atoms with van der Waals surface area (Å²) in [7, 11) is -2.20. The molecule has 2 aliphatic heterocycles. The molecular formula is C20H21N7O2S2. The average molecular weight is 456 g/mol. The van der Waals surface area contributed by atoms with Gasteiger partial charge >= 0.3 is 0 Å². The number of aromatic nitrogens is 4. The van der Waals surface area contributed by atoms with Gasteiger partial charge in [-0.3, -0.25) is 14.0 Å². The first-order chi connectivity index (χ1) is 15.0. The van der Waals surface area contributed by atoms with Gasteiger partial charge in [0.1, 0.15) is 12.7 Å². The van der Waals surface area contributed by atoms with Crippen molar-refractivity contribution in [1.82, 2.24) is 19.7 Å². The number of sulfonamides is 1. The van der Waals surface area contributed by atoms with Gasteiger partial charge in [-0.15, -0.1) is 11.8 Å². The van der Waals surface area contributed by atoms with E-state index in [0.29, 0.717) is 10.9 Å². The Balaban J connectivity index is 1.34. The molecule has 1 aromatic carbocycles. The highest BCUT2D eigenvalue weighted by Gasteiger charge is 2.34. The summed E-state index contributed by atoms with van der Waals surface area (Å²) in [5.41, 5.74) is 2.51. The molecule has 4 heterocycles. The van der Waals surface area contributed by atoms with Crippen LogP contribution in [-0.4, -0.2) is 58.1 Å². The quantitative estimate of drug-likeness (QED) is 0.606. The largest absolute Gasteiger partial charge is 0.374 e. The lowest BCUT2D eigenvalue weighted by Crippen LogP contribution is -2.29. The van der Waals surface area contributed by atoms with E-state index in [4.69, 9.17) is 4.99 Å². The Labute approximate surface area is 184 Å². The fraction of sp³-hybridized carbons (Fsp3) is 0.300. The fourth-order valence-electron chi connectivity index (χ4n) is 3.81. The van der Waals surface area contributed by atoms with Crippen LogP contribution < -0.4 is 9.62 Å². The number of rotatable bonds is 6. The van der Waals surface area contributed by atoms with Crippen molar-refractivity contribution in [2.24, 2.45) is 4.99 Å². The van der Waals surface area contributed by atoms with Gasteiger partial charge in [-0.05, 0) is 23.8 Å². The van der Waals surface area contributed by atoms with E-state index in [1.54, 1.807) is 37.3 Å². The average Bonchev–Trinajstić information content (AvgIpc) is 3.54. The smallest absolute Gasteiger partial charge is 0.281 e. The number of pyridine rings is 1. The second-order valence-electron chi connectivity index (χ2n) is 7.39. The lowest BCUT2D eigenvalue weighted by molar-refractivity contribution is 0.590. The Morgan fingerprint density at radius 1 is 1.26 bits per heavy atom. The van der Waals surface area contributed by atoms with Crippen LogP contribution in [0.15, 0.2) is 65.3 Å². The summed E-state index contributed by atoms with van der Waals surface area (Å²) in [5.74, 6) is 0. The van der Waals surface area contributed by atoms with Gasteiger partial charge in [0.25, 0.3) is 10.0 Å². The molecule has 0 spiro atoms. The van der Waals surface area contributed by atoms with Crippen molar-refractivity contribution >= 4 is 38.2 Å². The van der Waals surface area contributed by atoms with Crippen LogP contribution in [0.25, 0.3) is 0 Å². The molecule has 0 fully saturated rings. The first-order valence-corrected chi connectivity index (χ1v) is 12.2. The molecule has 160 valence electrons. The number of para-hydroxylation sites is 1. The number of anilines is 2. The second-order valence-corrected chi connectivity index (χ2v) is 10.6. The van der Waals surface area contributed by atoms with E-state index in [0.717, 1.165) is 35.8 Å². The molecule has 2 aliphatic rings. The van der Waals surface area contributed by atoms with Gasteiger partial charge in [0, 0.05) is 24.9 Å². The first-order valence-electron chi connectivity index (χ1n) is 9.84. The van der Waals surface area contributed by atoms with Crippen LogP contribution in [0, 0.1) is 0 Å². The summed E-state index contributed by atoms with van der Waals surface area (Å²) in [6.45, 7) is 1.49. The first kappa shape index (κ1) is 20.0. The zero-order chi connectivity index (χ0) is 21.4. The standard InChI is InChI=1S/C20H21N7O2S2/c1-26(31(28,29)18-7-2-3-8-22-18)17-6-4-5-14-9-16(25-19(14)17)20-23-10-15(30-20)11-27-13-21-12-24-27/h2-8,12-13,15-16,25H,9-11H2,1H3. The Morgan fingerprint density at radius 2 is 2.16 bits per heavy atom. The normalized spacial score (nSPS) is 20.2. The van der Waals surface area contributed by atoms with Crippen LogP contribution in [0.5, 0.6) is 0 Å². The van der Waals surface area contributed by atoms with Gasteiger partial charge in [-0.25, -0.2) is 9.97 Å². The fourth-order valence-corrected chi connectivity index (χ4v) is 6.12. The summed E-state index contributed by atoms with van der Waals surface area (Å²) in [4.78, 5) is 12.8. The van der Waals surface area contributed by atoms with Gasteiger partial charge in [0.2, 0.25) is 0 Å². The summed E-state index contributed by atoms with van der Waals surface area (Å²) in [6, 6.07) is 10.6. The van der Waals surface area contributed by atoms with E-state index in [1.807, 2.05) is 22.9 Å². The number of nitrogens with one attached hydrogen (secondary N) is 1. The third-order valence-electron chi connectivity index (χ3n) is 5.37.